The lowest BCUT2D eigenvalue weighted by Crippen LogP contribution is -2.33. The minimum absolute atomic E-state index is 0.0326. The quantitative estimate of drug-likeness (QED) is 0.734. The molecule has 4 nitrogen and oxygen atoms in total. The smallest absolute Gasteiger partial charge is 0.302 e. The van der Waals surface area contributed by atoms with E-state index >= 15 is 0 Å². The highest BCUT2D eigenvalue weighted by Gasteiger charge is 2.39. The summed E-state index contributed by atoms with van der Waals surface area (Å²) < 4.78 is 34.0. The summed E-state index contributed by atoms with van der Waals surface area (Å²) in [5.74, 6) is -2.71. The molecule has 2 atom stereocenters. The first-order valence-electron chi connectivity index (χ1n) is 9.14. The molecule has 1 saturated heterocycles. The molecule has 6 heteroatoms. The van der Waals surface area contributed by atoms with Gasteiger partial charge >= 0.3 is 5.92 Å². The van der Waals surface area contributed by atoms with Crippen molar-refractivity contribution in [1.29, 1.82) is 0 Å². The first kappa shape index (κ1) is 20.0. The Morgan fingerprint density at radius 1 is 1.21 bits per heavy atom. The summed E-state index contributed by atoms with van der Waals surface area (Å²) in [6.07, 6.45) is 1.53. The van der Waals surface area contributed by atoms with Crippen molar-refractivity contribution in [2.45, 2.75) is 37.5 Å². The summed E-state index contributed by atoms with van der Waals surface area (Å²) in [5.41, 5.74) is 0.675. The van der Waals surface area contributed by atoms with E-state index in [-0.39, 0.29) is 17.5 Å². The van der Waals surface area contributed by atoms with Crippen LogP contribution in [-0.4, -0.2) is 35.2 Å². The van der Waals surface area contributed by atoms with Crippen molar-refractivity contribution in [3.63, 3.8) is 0 Å². The predicted molar refractivity (Wildman–Crippen MR) is 102 cm³/mol. The molecule has 1 N–H and O–H groups in total. The van der Waals surface area contributed by atoms with Crippen LogP contribution < -0.4 is 4.74 Å². The molecular formula is C22H23F2NO3. The summed E-state index contributed by atoms with van der Waals surface area (Å²) in [6, 6.07) is 14.2. The summed E-state index contributed by atoms with van der Waals surface area (Å²) in [4.78, 5) is 13.9. The molecule has 0 bridgehead atoms. The number of aliphatic hydroxyl groups is 1. The Morgan fingerprint density at radius 3 is 2.54 bits per heavy atom. The van der Waals surface area contributed by atoms with Gasteiger partial charge in [-0.1, -0.05) is 54.6 Å². The molecule has 28 heavy (non-hydrogen) atoms. The third-order valence-corrected chi connectivity index (χ3v) is 4.93. The van der Waals surface area contributed by atoms with Gasteiger partial charge < -0.3 is 14.7 Å². The Balaban J connectivity index is 1.70. The number of hydrogen-bond donors (Lipinski definition) is 1. The van der Waals surface area contributed by atoms with Gasteiger partial charge in [-0.2, -0.15) is 8.78 Å². The van der Waals surface area contributed by atoms with Crippen LogP contribution in [0.3, 0.4) is 0 Å². The summed E-state index contributed by atoms with van der Waals surface area (Å²) in [6.45, 7) is 0.378. The molecule has 2 aromatic carbocycles. The number of nitrogens with zero attached hydrogens (tertiary/aromatic N) is 1. The molecule has 1 fully saturated rings. The van der Waals surface area contributed by atoms with E-state index in [2.05, 4.69) is 0 Å². The zero-order valence-corrected chi connectivity index (χ0v) is 15.6. The summed E-state index contributed by atoms with van der Waals surface area (Å²) in [7, 11) is 1.58. The second kappa shape index (κ2) is 8.52. The number of alkyl halides is 2. The lowest BCUT2D eigenvalue weighted by Gasteiger charge is -2.24. The number of likely N-dealkylation sites (tertiary alicyclic amines) is 1. The normalized spacial score (nSPS) is 18.6. The largest absolute Gasteiger partial charge is 0.497 e. The fourth-order valence-electron chi connectivity index (χ4n) is 3.27. The highest BCUT2D eigenvalue weighted by atomic mass is 19.3. The zero-order valence-electron chi connectivity index (χ0n) is 15.6. The van der Waals surface area contributed by atoms with Crippen LogP contribution in [0.5, 0.6) is 5.75 Å². The molecule has 0 radical (unpaired) electrons. The van der Waals surface area contributed by atoms with Crippen molar-refractivity contribution in [2.24, 2.45) is 0 Å². The van der Waals surface area contributed by atoms with Crippen molar-refractivity contribution in [3.05, 3.63) is 77.9 Å². The van der Waals surface area contributed by atoms with E-state index in [4.69, 9.17) is 4.74 Å². The van der Waals surface area contributed by atoms with Gasteiger partial charge in [-0.05, 0) is 24.1 Å². The van der Waals surface area contributed by atoms with Crippen LogP contribution in [-0.2, 0) is 17.3 Å². The van der Waals surface area contributed by atoms with Gasteiger partial charge in [0.25, 0.3) is 0 Å². The van der Waals surface area contributed by atoms with Crippen LogP contribution in [0, 0.1) is 0 Å². The van der Waals surface area contributed by atoms with Crippen molar-refractivity contribution >= 4 is 5.91 Å². The summed E-state index contributed by atoms with van der Waals surface area (Å²) >= 11 is 0. The molecular weight excluding hydrogens is 364 g/mol. The van der Waals surface area contributed by atoms with Crippen LogP contribution in [0.25, 0.3) is 0 Å². The lowest BCUT2D eigenvalue weighted by atomic mass is 10.0. The Labute approximate surface area is 163 Å². The number of methoxy groups -OCH3 is 1. The van der Waals surface area contributed by atoms with Gasteiger partial charge in [0.05, 0.1) is 13.2 Å². The highest BCUT2D eigenvalue weighted by molar-refractivity contribution is 5.79. The third kappa shape index (κ3) is 4.39. The fraction of sp³-hybridized carbons (Fsp3) is 0.318. The highest BCUT2D eigenvalue weighted by Crippen LogP contribution is 2.33. The van der Waals surface area contributed by atoms with Crippen LogP contribution in [0.15, 0.2) is 66.7 Å². The molecule has 0 aromatic heterocycles. The Hall–Kier alpha value is -2.73. The summed E-state index contributed by atoms with van der Waals surface area (Å²) in [5, 5.41) is 10.0. The molecule has 2 aromatic rings. The lowest BCUT2D eigenvalue weighted by molar-refractivity contribution is -0.129. The van der Waals surface area contributed by atoms with Gasteiger partial charge in [0, 0.05) is 18.5 Å². The van der Waals surface area contributed by atoms with Crippen molar-refractivity contribution in [1.82, 2.24) is 4.90 Å². The fourth-order valence-corrected chi connectivity index (χ4v) is 3.27. The third-order valence-electron chi connectivity index (χ3n) is 4.93. The molecule has 1 aliphatic heterocycles. The van der Waals surface area contributed by atoms with Gasteiger partial charge in [0.15, 0.2) is 0 Å². The van der Waals surface area contributed by atoms with Gasteiger partial charge in [0.1, 0.15) is 11.9 Å². The minimum Gasteiger partial charge on any atom is -0.497 e. The van der Waals surface area contributed by atoms with Gasteiger partial charge in [-0.25, -0.2) is 0 Å². The molecule has 2 unspecified atom stereocenters. The Bertz CT molecular complexity index is 821. The molecule has 0 aliphatic carbocycles. The van der Waals surface area contributed by atoms with E-state index in [1.54, 1.807) is 18.1 Å². The monoisotopic (exact) mass is 387 g/mol. The van der Waals surface area contributed by atoms with E-state index in [0.29, 0.717) is 19.4 Å². The topological polar surface area (TPSA) is 49.8 Å². The predicted octanol–water partition coefficient (Wildman–Crippen LogP) is 3.90. The maximum absolute atomic E-state index is 14.4. The maximum atomic E-state index is 14.4. The molecule has 1 heterocycles. The number of hydrogen-bond acceptors (Lipinski definition) is 3. The number of amides is 1. The van der Waals surface area contributed by atoms with Crippen LogP contribution in [0.2, 0.25) is 0 Å². The second-order valence-electron chi connectivity index (χ2n) is 6.79. The number of rotatable bonds is 7. The van der Waals surface area contributed by atoms with Crippen molar-refractivity contribution in [3.8, 4) is 5.75 Å². The zero-order chi connectivity index (χ0) is 20.1. The number of carbonyl (C=O) groups is 1. The first-order chi connectivity index (χ1) is 13.4. The number of benzene rings is 2. The van der Waals surface area contributed by atoms with Crippen molar-refractivity contribution < 1.29 is 23.4 Å². The SMILES string of the molecule is COc1ccc(CN2C(=O)CCC2/C=C/C(O)C(F)(F)c2ccccc2)cc1. The Kier molecular flexibility index (Phi) is 6.09. The van der Waals surface area contributed by atoms with Gasteiger partial charge in [-0.15, -0.1) is 0 Å². The second-order valence-corrected chi connectivity index (χ2v) is 6.79. The number of halogens is 2. The maximum Gasteiger partial charge on any atom is 0.302 e. The Morgan fingerprint density at radius 2 is 1.89 bits per heavy atom. The van der Waals surface area contributed by atoms with Gasteiger partial charge in [-0.3, -0.25) is 4.79 Å². The van der Waals surface area contributed by atoms with E-state index in [9.17, 15) is 18.7 Å². The molecule has 1 aliphatic rings. The number of carbonyl (C=O) groups excluding carboxylic acids is 1. The molecule has 1 amide bonds. The number of ether oxygens (including phenoxy) is 1. The van der Waals surface area contributed by atoms with Crippen LogP contribution in [0.1, 0.15) is 24.0 Å². The molecule has 148 valence electrons. The van der Waals surface area contributed by atoms with Crippen LogP contribution in [0.4, 0.5) is 8.78 Å². The first-order valence-corrected chi connectivity index (χ1v) is 9.14. The molecule has 0 spiro atoms. The molecule has 0 saturated carbocycles. The van der Waals surface area contributed by atoms with Crippen LogP contribution >= 0.6 is 0 Å². The van der Waals surface area contributed by atoms with Crippen molar-refractivity contribution in [2.75, 3.05) is 7.11 Å². The average molecular weight is 387 g/mol. The average Bonchev–Trinajstić information content (AvgIpc) is 3.06. The van der Waals surface area contributed by atoms with E-state index in [0.717, 1.165) is 17.4 Å². The van der Waals surface area contributed by atoms with E-state index in [1.807, 2.05) is 24.3 Å². The number of aliphatic hydroxyl groups excluding tert-OH is 1. The van der Waals surface area contributed by atoms with Gasteiger partial charge in [0.2, 0.25) is 5.91 Å². The van der Waals surface area contributed by atoms with E-state index in [1.165, 1.54) is 30.3 Å². The standard InChI is InChI=1S/C22H23F2NO3/c1-28-19-11-7-16(8-12-19)15-25-18(10-14-21(25)27)9-13-20(26)22(23,24)17-5-3-2-4-6-17/h2-9,11-13,18,20,26H,10,14-15H2,1H3/b13-9+. The molecule has 3 rings (SSSR count). The minimum atomic E-state index is -3.40. The van der Waals surface area contributed by atoms with E-state index < -0.39 is 12.0 Å².